The number of aliphatic hydroxyl groups excluding tert-OH is 1. The van der Waals surface area contributed by atoms with Crippen LogP contribution in [0.3, 0.4) is 0 Å². The topological polar surface area (TPSA) is 130 Å². The molecule has 0 aromatic heterocycles. The van der Waals surface area contributed by atoms with Gasteiger partial charge in [-0.05, 0) is 29.5 Å². The summed E-state index contributed by atoms with van der Waals surface area (Å²) in [7, 11) is 0. The number of benzene rings is 2. The van der Waals surface area contributed by atoms with Gasteiger partial charge in [0.2, 0.25) is 11.8 Å². The zero-order valence-electron chi connectivity index (χ0n) is 23.6. The van der Waals surface area contributed by atoms with E-state index in [0.717, 1.165) is 80.8 Å². The Morgan fingerprint density at radius 2 is 1.46 bits per heavy atom. The van der Waals surface area contributed by atoms with Gasteiger partial charge in [0.1, 0.15) is 0 Å². The fraction of sp³-hybridized carbons (Fsp3) is 0.548. The minimum absolute atomic E-state index is 0.000154. The number of hydroxylamine groups is 1. The number of unbranched alkanes of at least 4 members (excludes halogenated alkanes) is 3. The summed E-state index contributed by atoms with van der Waals surface area (Å²) in [6.07, 6.45) is 4.01. The van der Waals surface area contributed by atoms with Gasteiger partial charge in [-0.15, -0.1) is 0 Å². The number of carbonyl (C=O) groups excluding carboxylic acids is 2. The molecule has 4 rings (SSSR count). The average molecular weight is 570 g/mol. The normalized spacial score (nSPS) is 21.4. The molecule has 2 amide bonds. The molecule has 0 saturated carbocycles. The molecule has 3 unspecified atom stereocenters. The van der Waals surface area contributed by atoms with Gasteiger partial charge in [-0.1, -0.05) is 61.4 Å². The summed E-state index contributed by atoms with van der Waals surface area (Å²) >= 11 is 0. The van der Waals surface area contributed by atoms with Crippen molar-refractivity contribution in [3.63, 3.8) is 0 Å². The van der Waals surface area contributed by atoms with Gasteiger partial charge in [-0.2, -0.15) is 0 Å². The maximum Gasteiger partial charge on any atom is 0.243 e. The van der Waals surface area contributed by atoms with Crippen molar-refractivity contribution in [2.24, 2.45) is 0 Å². The van der Waals surface area contributed by atoms with Crippen LogP contribution in [-0.2, 0) is 37.0 Å². The molecular formula is C31H43N3O7. The Bertz CT molecular complexity index is 1070. The van der Waals surface area contributed by atoms with Crippen molar-refractivity contribution in [1.82, 2.24) is 15.7 Å². The number of morpholine rings is 1. The zero-order chi connectivity index (χ0) is 28.9. The second-order valence-corrected chi connectivity index (χ2v) is 10.7. The molecule has 2 aliphatic rings. The molecule has 2 aliphatic heterocycles. The minimum atomic E-state index is -0.510. The average Bonchev–Trinajstić information content (AvgIpc) is 3.02. The molecule has 0 bridgehead atoms. The quantitative estimate of drug-likeness (QED) is 0.155. The molecule has 0 spiro atoms. The van der Waals surface area contributed by atoms with Gasteiger partial charge in [0, 0.05) is 51.0 Å². The van der Waals surface area contributed by atoms with Crippen LogP contribution < -0.4 is 10.8 Å². The van der Waals surface area contributed by atoms with Crippen molar-refractivity contribution in [2.75, 3.05) is 32.8 Å². The van der Waals surface area contributed by atoms with Crippen molar-refractivity contribution < 1.29 is 34.1 Å². The molecule has 2 heterocycles. The Labute approximate surface area is 241 Å². The van der Waals surface area contributed by atoms with Crippen LogP contribution in [0.2, 0.25) is 0 Å². The number of aliphatic hydroxyl groups is 1. The van der Waals surface area contributed by atoms with Crippen molar-refractivity contribution in [1.29, 1.82) is 0 Å². The fourth-order valence-electron chi connectivity index (χ4n) is 5.17. The first-order valence-corrected chi connectivity index (χ1v) is 14.6. The summed E-state index contributed by atoms with van der Waals surface area (Å²) in [5.74, 6) is -0.376. The Morgan fingerprint density at radius 3 is 2.12 bits per heavy atom. The highest BCUT2D eigenvalue weighted by Crippen LogP contribution is 2.38. The van der Waals surface area contributed by atoms with E-state index in [1.165, 1.54) is 0 Å². The lowest BCUT2D eigenvalue weighted by Gasteiger charge is -2.39. The van der Waals surface area contributed by atoms with E-state index in [1.54, 1.807) is 5.48 Å². The first kappa shape index (κ1) is 31.1. The predicted octanol–water partition coefficient (Wildman–Crippen LogP) is 3.52. The van der Waals surface area contributed by atoms with Gasteiger partial charge in [-0.3, -0.25) is 19.7 Å². The SMILES string of the molecule is O=C(CCCCCCC(=O)NCc1ccc(C2OC(CN3CCOCC3)CC(c3ccc(CO)cc3)O2)cc1)NO. The smallest absolute Gasteiger partial charge is 0.243 e. The maximum atomic E-state index is 12.3. The van der Waals surface area contributed by atoms with Crippen LogP contribution in [0.1, 0.15) is 79.6 Å². The van der Waals surface area contributed by atoms with Gasteiger partial charge >= 0.3 is 0 Å². The second kappa shape index (κ2) is 16.5. The standard InChI is InChI=1S/C31H43N3O7/c35-22-24-9-11-25(12-10-24)28-19-27(21-34-15-17-39-18-16-34)40-31(41-28)26-13-7-23(8-14-26)20-32-29(36)5-3-1-2-4-6-30(37)33-38/h7-14,27-28,31,35,38H,1-6,15-22H2,(H,32,36)(H,33,37). The van der Waals surface area contributed by atoms with Crippen LogP contribution in [0.25, 0.3) is 0 Å². The number of nitrogens with zero attached hydrogens (tertiary/aromatic N) is 1. The van der Waals surface area contributed by atoms with Crippen LogP contribution in [0, 0.1) is 0 Å². The molecule has 0 radical (unpaired) electrons. The molecular weight excluding hydrogens is 526 g/mol. The van der Waals surface area contributed by atoms with E-state index >= 15 is 0 Å². The molecule has 2 fully saturated rings. The van der Waals surface area contributed by atoms with Crippen molar-refractivity contribution in [3.8, 4) is 0 Å². The Morgan fingerprint density at radius 1 is 0.829 bits per heavy atom. The molecule has 10 nitrogen and oxygen atoms in total. The number of nitrogens with one attached hydrogen (secondary N) is 2. The van der Waals surface area contributed by atoms with E-state index in [9.17, 15) is 14.7 Å². The zero-order valence-corrected chi connectivity index (χ0v) is 23.6. The number of carbonyl (C=O) groups is 2. The van der Waals surface area contributed by atoms with Gasteiger partial charge < -0.3 is 24.6 Å². The van der Waals surface area contributed by atoms with Crippen LogP contribution in [-0.4, -0.2) is 66.0 Å². The highest BCUT2D eigenvalue weighted by molar-refractivity contribution is 5.75. The predicted molar refractivity (Wildman–Crippen MR) is 152 cm³/mol. The van der Waals surface area contributed by atoms with Gasteiger partial charge in [0.05, 0.1) is 32.0 Å². The Kier molecular flexibility index (Phi) is 12.5. The fourth-order valence-corrected chi connectivity index (χ4v) is 5.17. The third kappa shape index (κ3) is 10.2. The van der Waals surface area contributed by atoms with Crippen LogP contribution in [0.15, 0.2) is 48.5 Å². The van der Waals surface area contributed by atoms with Gasteiger partial charge in [-0.25, -0.2) is 5.48 Å². The number of amides is 2. The molecule has 0 aliphatic carbocycles. The summed E-state index contributed by atoms with van der Waals surface area (Å²) in [6.45, 7) is 4.54. The summed E-state index contributed by atoms with van der Waals surface area (Å²) < 4.78 is 18.4. The molecule has 10 heteroatoms. The van der Waals surface area contributed by atoms with Crippen LogP contribution in [0.5, 0.6) is 0 Å². The molecule has 4 N–H and O–H groups in total. The first-order valence-electron chi connectivity index (χ1n) is 14.6. The Hall–Kier alpha value is -2.86. The van der Waals surface area contributed by atoms with Crippen LogP contribution in [0.4, 0.5) is 0 Å². The van der Waals surface area contributed by atoms with E-state index < -0.39 is 6.29 Å². The third-order valence-corrected chi connectivity index (χ3v) is 7.60. The lowest BCUT2D eigenvalue weighted by molar-refractivity contribution is -0.253. The number of ether oxygens (including phenoxy) is 3. The number of hydrogen-bond donors (Lipinski definition) is 4. The van der Waals surface area contributed by atoms with E-state index in [1.807, 2.05) is 48.5 Å². The third-order valence-electron chi connectivity index (χ3n) is 7.60. The summed E-state index contributed by atoms with van der Waals surface area (Å²) in [6, 6.07) is 15.9. The van der Waals surface area contributed by atoms with Crippen molar-refractivity contribution >= 4 is 11.8 Å². The summed E-state index contributed by atoms with van der Waals surface area (Å²) in [5.41, 5.74) is 5.49. The monoisotopic (exact) mass is 569 g/mol. The summed E-state index contributed by atoms with van der Waals surface area (Å²) in [4.78, 5) is 25.6. The maximum absolute atomic E-state index is 12.3. The summed E-state index contributed by atoms with van der Waals surface area (Å²) in [5, 5.41) is 20.9. The van der Waals surface area contributed by atoms with E-state index in [2.05, 4.69) is 10.2 Å². The van der Waals surface area contributed by atoms with Gasteiger partial charge in [0.15, 0.2) is 6.29 Å². The second-order valence-electron chi connectivity index (χ2n) is 10.7. The minimum Gasteiger partial charge on any atom is -0.392 e. The lowest BCUT2D eigenvalue weighted by atomic mass is 9.99. The number of hydrogen-bond acceptors (Lipinski definition) is 8. The largest absolute Gasteiger partial charge is 0.392 e. The molecule has 2 saturated heterocycles. The van der Waals surface area contributed by atoms with E-state index in [4.69, 9.17) is 19.4 Å². The Balaban J connectivity index is 1.29. The van der Waals surface area contributed by atoms with E-state index in [-0.39, 0.29) is 30.6 Å². The molecule has 3 atom stereocenters. The van der Waals surface area contributed by atoms with Crippen LogP contribution >= 0.6 is 0 Å². The highest BCUT2D eigenvalue weighted by Gasteiger charge is 2.33. The van der Waals surface area contributed by atoms with Gasteiger partial charge in [0.25, 0.3) is 0 Å². The molecule has 2 aromatic rings. The lowest BCUT2D eigenvalue weighted by Crippen LogP contribution is -2.44. The highest BCUT2D eigenvalue weighted by atomic mass is 16.7. The van der Waals surface area contributed by atoms with Crippen molar-refractivity contribution in [2.45, 2.75) is 76.6 Å². The molecule has 2 aromatic carbocycles. The molecule has 41 heavy (non-hydrogen) atoms. The van der Waals surface area contributed by atoms with E-state index in [0.29, 0.717) is 25.8 Å². The molecule has 224 valence electrons. The van der Waals surface area contributed by atoms with Crippen molar-refractivity contribution in [3.05, 3.63) is 70.8 Å². The first-order chi connectivity index (χ1) is 20.0. The number of rotatable bonds is 14.